The first-order valence-electron chi connectivity index (χ1n) is 9.01. The molecular weight excluding hydrogens is 366 g/mol. The van der Waals surface area contributed by atoms with Crippen LogP contribution in [0.4, 0.5) is 0 Å². The summed E-state index contributed by atoms with van der Waals surface area (Å²) < 4.78 is 1.60. The standard InChI is InChI=1S/C23H19N3OS/c1-17-13-14-21(24-16-17)26-22(27)19-11-5-6-12-20(19)25-23(26)28-15-7-10-18-8-3-2-4-9-18/h2-14,16H,15H2,1H3/b10-7+. The largest absolute Gasteiger partial charge is 0.268 e. The second kappa shape index (κ2) is 8.23. The van der Waals surface area contributed by atoms with Crippen molar-refractivity contribution in [2.75, 3.05) is 5.75 Å². The Hall–Kier alpha value is -3.18. The Bertz CT molecular complexity index is 1180. The number of nitrogens with zero attached hydrogens (tertiary/aromatic N) is 3. The van der Waals surface area contributed by atoms with Gasteiger partial charge in [-0.2, -0.15) is 0 Å². The molecule has 4 nitrogen and oxygen atoms in total. The zero-order valence-electron chi connectivity index (χ0n) is 15.4. The Morgan fingerprint density at radius 2 is 1.79 bits per heavy atom. The van der Waals surface area contributed by atoms with Crippen LogP contribution in [0.5, 0.6) is 0 Å². The number of para-hydroxylation sites is 1. The van der Waals surface area contributed by atoms with Gasteiger partial charge in [0.05, 0.1) is 10.9 Å². The van der Waals surface area contributed by atoms with Gasteiger partial charge in [-0.15, -0.1) is 0 Å². The van der Waals surface area contributed by atoms with Gasteiger partial charge in [-0.3, -0.25) is 4.79 Å². The molecule has 0 unspecified atom stereocenters. The quantitative estimate of drug-likeness (QED) is 0.362. The Balaban J connectivity index is 1.71. The monoisotopic (exact) mass is 385 g/mol. The van der Waals surface area contributed by atoms with Gasteiger partial charge in [0.2, 0.25) is 0 Å². The second-order valence-corrected chi connectivity index (χ2v) is 7.36. The molecule has 4 aromatic rings. The van der Waals surface area contributed by atoms with Crippen LogP contribution in [0.25, 0.3) is 22.8 Å². The molecule has 0 aliphatic heterocycles. The van der Waals surface area contributed by atoms with Crippen molar-refractivity contribution in [1.29, 1.82) is 0 Å². The van der Waals surface area contributed by atoms with Crippen molar-refractivity contribution in [3.63, 3.8) is 0 Å². The fourth-order valence-corrected chi connectivity index (χ4v) is 3.68. The first-order valence-corrected chi connectivity index (χ1v) is 10.0. The van der Waals surface area contributed by atoms with Crippen LogP contribution in [0.1, 0.15) is 11.1 Å². The predicted octanol–water partition coefficient (Wildman–Crippen LogP) is 4.89. The van der Waals surface area contributed by atoms with E-state index in [-0.39, 0.29) is 5.56 Å². The Labute approximate surface area is 167 Å². The topological polar surface area (TPSA) is 47.8 Å². The highest BCUT2D eigenvalue weighted by Crippen LogP contribution is 2.21. The molecule has 0 spiro atoms. The van der Waals surface area contributed by atoms with E-state index in [9.17, 15) is 4.79 Å². The molecule has 138 valence electrons. The van der Waals surface area contributed by atoms with E-state index in [1.54, 1.807) is 16.8 Å². The molecule has 4 rings (SSSR count). The van der Waals surface area contributed by atoms with E-state index in [0.29, 0.717) is 27.6 Å². The van der Waals surface area contributed by atoms with Gasteiger partial charge in [-0.1, -0.05) is 72.4 Å². The lowest BCUT2D eigenvalue weighted by atomic mass is 10.2. The fraction of sp³-hybridized carbons (Fsp3) is 0.0870. The highest BCUT2D eigenvalue weighted by molar-refractivity contribution is 7.99. The third kappa shape index (κ3) is 3.89. The lowest BCUT2D eigenvalue weighted by Gasteiger charge is -2.12. The van der Waals surface area contributed by atoms with Crippen LogP contribution in [0.2, 0.25) is 0 Å². The average Bonchev–Trinajstić information content (AvgIpc) is 2.73. The maximum absolute atomic E-state index is 13.1. The van der Waals surface area contributed by atoms with Gasteiger partial charge >= 0.3 is 0 Å². The van der Waals surface area contributed by atoms with E-state index in [2.05, 4.69) is 29.3 Å². The number of hydrogen-bond donors (Lipinski definition) is 0. The molecule has 2 heterocycles. The van der Waals surface area contributed by atoms with Crippen molar-refractivity contribution in [3.8, 4) is 5.82 Å². The summed E-state index contributed by atoms with van der Waals surface area (Å²) in [5.41, 5.74) is 2.79. The van der Waals surface area contributed by atoms with Gasteiger partial charge in [0.1, 0.15) is 5.82 Å². The summed E-state index contributed by atoms with van der Waals surface area (Å²) in [6, 6.07) is 21.4. The van der Waals surface area contributed by atoms with E-state index >= 15 is 0 Å². The molecule has 0 N–H and O–H groups in total. The Kier molecular flexibility index (Phi) is 5.35. The van der Waals surface area contributed by atoms with Crippen molar-refractivity contribution >= 4 is 28.7 Å². The molecule has 0 atom stereocenters. The minimum atomic E-state index is -0.100. The molecule has 0 aliphatic carbocycles. The highest BCUT2D eigenvalue weighted by Gasteiger charge is 2.13. The van der Waals surface area contributed by atoms with E-state index in [1.807, 2.05) is 55.5 Å². The molecule has 0 fully saturated rings. The van der Waals surface area contributed by atoms with Gasteiger partial charge < -0.3 is 0 Å². The summed E-state index contributed by atoms with van der Waals surface area (Å²) in [5, 5.41) is 1.23. The average molecular weight is 385 g/mol. The number of rotatable bonds is 5. The minimum absolute atomic E-state index is 0.100. The predicted molar refractivity (Wildman–Crippen MR) is 116 cm³/mol. The smallest absolute Gasteiger partial charge is 0.267 e. The number of aromatic nitrogens is 3. The number of fused-ring (bicyclic) bond motifs is 1. The maximum Gasteiger partial charge on any atom is 0.267 e. The van der Waals surface area contributed by atoms with Crippen LogP contribution >= 0.6 is 11.8 Å². The van der Waals surface area contributed by atoms with Crippen LogP contribution in [0, 0.1) is 6.92 Å². The second-order valence-electron chi connectivity index (χ2n) is 6.37. The summed E-state index contributed by atoms with van der Waals surface area (Å²) in [4.78, 5) is 22.3. The van der Waals surface area contributed by atoms with E-state index in [0.717, 1.165) is 11.1 Å². The molecule has 5 heteroatoms. The Morgan fingerprint density at radius 3 is 2.57 bits per heavy atom. The molecule has 28 heavy (non-hydrogen) atoms. The summed E-state index contributed by atoms with van der Waals surface area (Å²) >= 11 is 1.52. The number of thioether (sulfide) groups is 1. The summed E-state index contributed by atoms with van der Waals surface area (Å²) in [6.45, 7) is 1.97. The minimum Gasteiger partial charge on any atom is -0.268 e. The van der Waals surface area contributed by atoms with Gasteiger partial charge in [0.25, 0.3) is 5.56 Å². The zero-order chi connectivity index (χ0) is 19.3. The maximum atomic E-state index is 13.1. The van der Waals surface area contributed by atoms with Crippen LogP contribution in [-0.2, 0) is 0 Å². The number of hydrogen-bond acceptors (Lipinski definition) is 4. The van der Waals surface area contributed by atoms with Crippen molar-refractivity contribution in [2.24, 2.45) is 0 Å². The number of pyridine rings is 1. The normalized spacial score (nSPS) is 11.3. The molecule has 0 saturated carbocycles. The van der Waals surface area contributed by atoms with Crippen LogP contribution in [0.15, 0.2) is 89.0 Å². The summed E-state index contributed by atoms with van der Waals surface area (Å²) in [6.07, 6.45) is 5.91. The molecule has 0 bridgehead atoms. The molecule has 0 radical (unpaired) electrons. The first-order chi connectivity index (χ1) is 13.7. The zero-order valence-corrected chi connectivity index (χ0v) is 16.3. The van der Waals surface area contributed by atoms with Crippen LogP contribution in [-0.4, -0.2) is 20.3 Å². The van der Waals surface area contributed by atoms with Gasteiger partial charge in [0, 0.05) is 11.9 Å². The summed E-state index contributed by atoms with van der Waals surface area (Å²) in [5.74, 6) is 1.29. The molecule has 0 amide bonds. The summed E-state index contributed by atoms with van der Waals surface area (Å²) in [7, 11) is 0. The van der Waals surface area contributed by atoms with Crippen molar-refractivity contribution in [3.05, 3.63) is 100 Å². The van der Waals surface area contributed by atoms with Crippen LogP contribution in [0.3, 0.4) is 0 Å². The van der Waals surface area contributed by atoms with Gasteiger partial charge in [-0.25, -0.2) is 14.5 Å². The van der Waals surface area contributed by atoms with Crippen molar-refractivity contribution < 1.29 is 0 Å². The lowest BCUT2D eigenvalue weighted by molar-refractivity contribution is 0.795. The number of benzene rings is 2. The van der Waals surface area contributed by atoms with E-state index in [4.69, 9.17) is 4.98 Å². The van der Waals surface area contributed by atoms with E-state index < -0.39 is 0 Å². The molecule has 0 saturated heterocycles. The van der Waals surface area contributed by atoms with E-state index in [1.165, 1.54) is 11.8 Å². The third-order valence-corrected chi connectivity index (χ3v) is 5.18. The fourth-order valence-electron chi connectivity index (χ4n) is 2.87. The van der Waals surface area contributed by atoms with Crippen molar-refractivity contribution in [1.82, 2.24) is 14.5 Å². The molecule has 0 aliphatic rings. The van der Waals surface area contributed by atoms with Crippen LogP contribution < -0.4 is 5.56 Å². The molecule has 2 aromatic heterocycles. The first kappa shape index (κ1) is 18.2. The third-order valence-electron chi connectivity index (χ3n) is 4.29. The lowest BCUT2D eigenvalue weighted by Crippen LogP contribution is -2.22. The van der Waals surface area contributed by atoms with Gasteiger partial charge in [0.15, 0.2) is 5.16 Å². The highest BCUT2D eigenvalue weighted by atomic mass is 32.2. The van der Waals surface area contributed by atoms with Crippen molar-refractivity contribution in [2.45, 2.75) is 12.1 Å². The molecule has 2 aromatic carbocycles. The molecular formula is C23H19N3OS. The van der Waals surface area contributed by atoms with Gasteiger partial charge in [-0.05, 0) is 36.2 Å². The Morgan fingerprint density at radius 1 is 1.00 bits per heavy atom. The SMILES string of the molecule is Cc1ccc(-n2c(SC/C=C/c3ccccc3)nc3ccccc3c2=O)nc1. The number of aryl methyl sites for hydroxylation is 1.